The minimum absolute atomic E-state index is 0.182. The molecular formula is C18H14O7S2. The van der Waals surface area contributed by atoms with Gasteiger partial charge in [0.2, 0.25) is 0 Å². The molecule has 2 N–H and O–H groups in total. The molecule has 0 bridgehead atoms. The molecule has 27 heavy (non-hydrogen) atoms. The summed E-state index contributed by atoms with van der Waals surface area (Å²) in [7, 11) is 0. The monoisotopic (exact) mass is 406 g/mol. The highest BCUT2D eigenvalue weighted by Gasteiger charge is 2.33. The molecular weight excluding hydrogens is 392 g/mol. The van der Waals surface area contributed by atoms with Gasteiger partial charge in [0, 0.05) is 35.2 Å². The van der Waals surface area contributed by atoms with E-state index in [0.29, 0.717) is 0 Å². The highest BCUT2D eigenvalue weighted by molar-refractivity contribution is 8.09. The number of carboxylic acid groups (broad SMARTS) is 2. The lowest BCUT2D eigenvalue weighted by Gasteiger charge is -2.13. The van der Waals surface area contributed by atoms with Crippen molar-refractivity contribution in [2.45, 2.75) is 10.5 Å². The van der Waals surface area contributed by atoms with E-state index in [2.05, 4.69) is 0 Å². The summed E-state index contributed by atoms with van der Waals surface area (Å²) in [4.78, 5) is 47.3. The van der Waals surface area contributed by atoms with Crippen LogP contribution < -0.4 is 0 Å². The Bertz CT molecular complexity index is 755. The number of hydrogen-bond acceptors (Lipinski definition) is 7. The molecule has 9 heteroatoms. The van der Waals surface area contributed by atoms with Crippen LogP contribution in [0.4, 0.5) is 0 Å². The fraction of sp³-hybridized carbons (Fsp3) is 0.111. The molecule has 0 fully saturated rings. The Kier molecular flexibility index (Phi) is 7.59. The number of benzene rings is 2. The first-order valence-electron chi connectivity index (χ1n) is 7.54. The number of ketones is 2. The predicted molar refractivity (Wildman–Crippen MR) is 101 cm³/mol. The molecule has 140 valence electrons. The van der Waals surface area contributed by atoms with Crippen LogP contribution in [-0.2, 0) is 13.2 Å². The zero-order valence-corrected chi connectivity index (χ0v) is 15.3. The fourth-order valence-corrected chi connectivity index (χ4v) is 3.42. The number of rotatable bonds is 10. The van der Waals surface area contributed by atoms with Crippen LogP contribution in [0.1, 0.15) is 20.7 Å². The third kappa shape index (κ3) is 5.68. The van der Waals surface area contributed by atoms with E-state index in [1.165, 1.54) is 24.3 Å². The quantitative estimate of drug-likeness (QED) is 0.349. The maximum atomic E-state index is 12.3. The van der Waals surface area contributed by atoms with E-state index < -0.39 is 34.0 Å². The standard InChI is InChI=1S/C18H14O7S2/c19-13(11-7-3-1-4-8-11)15(17(21)22)26-25-27-16(18(23)24)14(20)12-9-5-2-6-10-12/h1-10,15-16H,(H,21,22)(H,23,24). The van der Waals surface area contributed by atoms with Gasteiger partial charge < -0.3 is 10.2 Å². The van der Waals surface area contributed by atoms with Crippen LogP contribution in [0, 0.1) is 0 Å². The molecule has 0 heterocycles. The Hall–Kier alpha value is -2.62. The Morgan fingerprint density at radius 1 is 0.667 bits per heavy atom. The second kappa shape index (κ2) is 9.91. The first-order chi connectivity index (χ1) is 12.9. The highest BCUT2D eigenvalue weighted by atomic mass is 32.2. The average molecular weight is 406 g/mol. The largest absolute Gasteiger partial charge is 0.480 e. The van der Waals surface area contributed by atoms with E-state index in [1.54, 1.807) is 36.4 Å². The van der Waals surface area contributed by atoms with Gasteiger partial charge in [-0.25, -0.2) is 3.63 Å². The third-order valence-electron chi connectivity index (χ3n) is 3.31. The van der Waals surface area contributed by atoms with Gasteiger partial charge in [-0.3, -0.25) is 19.2 Å². The third-order valence-corrected chi connectivity index (χ3v) is 5.16. The van der Waals surface area contributed by atoms with Crippen LogP contribution >= 0.6 is 24.1 Å². The lowest BCUT2D eigenvalue weighted by Crippen LogP contribution is -2.29. The van der Waals surface area contributed by atoms with Gasteiger partial charge in [-0.15, -0.1) is 0 Å². The molecule has 0 saturated carbocycles. The molecule has 0 aliphatic carbocycles. The molecule has 0 saturated heterocycles. The number of aliphatic carboxylic acids is 2. The summed E-state index contributed by atoms with van der Waals surface area (Å²) in [6.45, 7) is 0. The van der Waals surface area contributed by atoms with Crippen molar-refractivity contribution in [3.63, 3.8) is 0 Å². The smallest absolute Gasteiger partial charge is 0.327 e. The summed E-state index contributed by atoms with van der Waals surface area (Å²) in [5.41, 5.74) is 0.363. The number of carboxylic acids is 2. The van der Waals surface area contributed by atoms with Crippen LogP contribution in [0.15, 0.2) is 60.7 Å². The molecule has 0 aromatic heterocycles. The molecule has 2 rings (SSSR count). The first-order valence-corrected chi connectivity index (χ1v) is 9.15. The van der Waals surface area contributed by atoms with Gasteiger partial charge in [0.15, 0.2) is 22.1 Å². The summed E-state index contributed by atoms with van der Waals surface area (Å²) in [6, 6.07) is 15.6. The second-order valence-electron chi connectivity index (χ2n) is 5.16. The molecule has 0 spiro atoms. The van der Waals surface area contributed by atoms with E-state index in [0.717, 1.165) is 0 Å². The summed E-state index contributed by atoms with van der Waals surface area (Å²) >= 11 is 0.578. The van der Waals surface area contributed by atoms with Gasteiger partial charge >= 0.3 is 11.9 Å². The average Bonchev–Trinajstić information content (AvgIpc) is 2.68. The lowest BCUT2D eigenvalue weighted by molar-refractivity contribution is -0.136. The van der Waals surface area contributed by atoms with Crippen molar-refractivity contribution in [2.24, 2.45) is 0 Å². The van der Waals surface area contributed by atoms with Gasteiger partial charge in [-0.05, 0) is 0 Å². The van der Waals surface area contributed by atoms with E-state index in [4.69, 9.17) is 3.63 Å². The summed E-state index contributed by atoms with van der Waals surface area (Å²) < 4.78 is 5.00. The van der Waals surface area contributed by atoms with Gasteiger partial charge in [0.05, 0.1) is 0 Å². The molecule has 2 unspecified atom stereocenters. The van der Waals surface area contributed by atoms with Crippen molar-refractivity contribution in [1.29, 1.82) is 0 Å². The Morgan fingerprint density at radius 3 is 1.30 bits per heavy atom. The number of carbonyl (C=O) groups is 4. The Balaban J connectivity index is 2.03. The van der Waals surface area contributed by atoms with Crippen LogP contribution in [0.25, 0.3) is 0 Å². The Labute approximate surface area is 163 Å². The first kappa shape index (κ1) is 20.7. The highest BCUT2D eigenvalue weighted by Crippen LogP contribution is 2.28. The molecule has 0 aliphatic heterocycles. The fourth-order valence-electron chi connectivity index (χ4n) is 2.00. The number of carbonyl (C=O) groups excluding carboxylic acids is 2. The maximum absolute atomic E-state index is 12.3. The van der Waals surface area contributed by atoms with E-state index in [-0.39, 0.29) is 35.2 Å². The SMILES string of the molecule is O=C(O)C(SOSC(C(=O)O)C(=O)c1ccccc1)C(=O)c1ccccc1. The van der Waals surface area contributed by atoms with Gasteiger partial charge in [0.25, 0.3) is 0 Å². The van der Waals surface area contributed by atoms with E-state index in [1.807, 2.05) is 0 Å². The zero-order chi connectivity index (χ0) is 19.8. The predicted octanol–water partition coefficient (Wildman–Crippen LogP) is 2.97. The topological polar surface area (TPSA) is 118 Å². The van der Waals surface area contributed by atoms with Crippen LogP contribution in [0.2, 0.25) is 0 Å². The van der Waals surface area contributed by atoms with Crippen LogP contribution in [0.3, 0.4) is 0 Å². The van der Waals surface area contributed by atoms with Gasteiger partial charge in [-0.2, -0.15) is 0 Å². The van der Waals surface area contributed by atoms with Crippen molar-refractivity contribution in [1.82, 2.24) is 0 Å². The summed E-state index contributed by atoms with van der Waals surface area (Å²) in [5.74, 6) is -4.27. The summed E-state index contributed by atoms with van der Waals surface area (Å²) in [6.07, 6.45) is 0. The minimum atomic E-state index is -1.60. The normalized spacial score (nSPS) is 12.7. The molecule has 0 aliphatic rings. The number of Topliss-reactive ketones (excluding diaryl/α,β-unsaturated/α-hetero) is 2. The van der Waals surface area contributed by atoms with Crippen molar-refractivity contribution in [3.05, 3.63) is 71.8 Å². The molecule has 7 nitrogen and oxygen atoms in total. The van der Waals surface area contributed by atoms with E-state index >= 15 is 0 Å². The lowest BCUT2D eigenvalue weighted by atomic mass is 10.1. The van der Waals surface area contributed by atoms with Crippen molar-refractivity contribution < 1.29 is 33.0 Å². The molecule has 2 aromatic rings. The van der Waals surface area contributed by atoms with Crippen LogP contribution in [0.5, 0.6) is 0 Å². The molecule has 2 atom stereocenters. The van der Waals surface area contributed by atoms with Gasteiger partial charge in [0.1, 0.15) is 0 Å². The van der Waals surface area contributed by atoms with Crippen molar-refractivity contribution >= 4 is 47.6 Å². The minimum Gasteiger partial charge on any atom is -0.480 e. The van der Waals surface area contributed by atoms with E-state index in [9.17, 15) is 29.4 Å². The zero-order valence-electron chi connectivity index (χ0n) is 13.7. The molecule has 0 amide bonds. The maximum Gasteiger partial charge on any atom is 0.327 e. The second-order valence-corrected chi connectivity index (χ2v) is 7.03. The van der Waals surface area contributed by atoms with Crippen molar-refractivity contribution in [3.8, 4) is 0 Å². The molecule has 2 aromatic carbocycles. The summed E-state index contributed by atoms with van der Waals surface area (Å²) in [5, 5.41) is 15.3. The molecule has 0 radical (unpaired) electrons. The van der Waals surface area contributed by atoms with Crippen molar-refractivity contribution in [2.75, 3.05) is 0 Å². The number of hydrogen-bond donors (Lipinski definition) is 2. The Morgan fingerprint density at radius 2 is 1.00 bits per heavy atom. The van der Waals surface area contributed by atoms with Crippen LogP contribution in [-0.4, -0.2) is 44.2 Å². The van der Waals surface area contributed by atoms with Gasteiger partial charge in [-0.1, -0.05) is 60.7 Å².